The fourth-order valence-corrected chi connectivity index (χ4v) is 2.49. The second-order valence-corrected chi connectivity index (χ2v) is 5.22. The van der Waals surface area contributed by atoms with Crippen molar-refractivity contribution in [2.75, 3.05) is 7.11 Å². The van der Waals surface area contributed by atoms with Crippen LogP contribution in [-0.4, -0.2) is 12.1 Å². The molecule has 0 saturated heterocycles. The number of nitrogens with zero attached hydrogens (tertiary/aromatic N) is 2. The van der Waals surface area contributed by atoms with Gasteiger partial charge in [0, 0.05) is 11.8 Å². The maximum atomic E-state index is 9.48. The van der Waals surface area contributed by atoms with Crippen LogP contribution >= 0.6 is 0 Å². The molecule has 3 heteroatoms. The van der Waals surface area contributed by atoms with Crippen LogP contribution in [0.4, 0.5) is 0 Å². The van der Waals surface area contributed by atoms with Gasteiger partial charge >= 0.3 is 0 Å². The number of hydrogen-bond acceptors (Lipinski definition) is 3. The van der Waals surface area contributed by atoms with Gasteiger partial charge in [0.1, 0.15) is 0 Å². The lowest BCUT2D eigenvalue weighted by Gasteiger charge is -2.08. The minimum absolute atomic E-state index is 0.550. The van der Waals surface area contributed by atoms with Gasteiger partial charge in [-0.2, -0.15) is 5.26 Å². The van der Waals surface area contributed by atoms with Gasteiger partial charge in [-0.15, -0.1) is 0 Å². The van der Waals surface area contributed by atoms with E-state index in [1.807, 2.05) is 72.8 Å². The number of methoxy groups -OCH3 is 1. The minimum atomic E-state index is 0.550. The van der Waals surface area contributed by atoms with E-state index in [0.717, 1.165) is 22.3 Å². The normalized spacial score (nSPS) is 10.5. The van der Waals surface area contributed by atoms with Crippen molar-refractivity contribution in [3.05, 3.63) is 83.6 Å². The second kappa shape index (κ2) is 7.26. The summed E-state index contributed by atoms with van der Waals surface area (Å²) in [5.41, 5.74) is 4.38. The Balaban J connectivity index is 1.97. The number of ether oxygens (including phenoxy) is 1. The maximum Gasteiger partial charge on any atom is 0.221 e. The van der Waals surface area contributed by atoms with Crippen molar-refractivity contribution < 1.29 is 4.74 Å². The zero-order valence-electron chi connectivity index (χ0n) is 13.3. The molecule has 0 aliphatic rings. The highest BCUT2D eigenvalue weighted by Crippen LogP contribution is 2.29. The molecule has 0 spiro atoms. The molecule has 0 fully saturated rings. The van der Waals surface area contributed by atoms with E-state index in [-0.39, 0.29) is 0 Å². The topological polar surface area (TPSA) is 45.9 Å². The van der Waals surface area contributed by atoms with Crippen molar-refractivity contribution in [3.8, 4) is 23.1 Å². The fourth-order valence-electron chi connectivity index (χ4n) is 2.49. The molecule has 0 aliphatic carbocycles. The number of hydrogen-bond donors (Lipinski definition) is 0. The number of rotatable bonds is 4. The molecule has 0 atom stereocenters. The van der Waals surface area contributed by atoms with Crippen molar-refractivity contribution in [2.24, 2.45) is 0 Å². The molecule has 0 saturated carbocycles. The van der Waals surface area contributed by atoms with E-state index < -0.39 is 0 Å². The standard InChI is InChI=1S/C21H16N2O/c1-24-21-20(8-5-13-23-21)18-12-11-17(19(14-18)15-22)10-9-16-6-3-2-4-7-16/h2-14H,1H3/b10-9+. The summed E-state index contributed by atoms with van der Waals surface area (Å²) >= 11 is 0. The van der Waals surface area contributed by atoms with Gasteiger partial charge in [-0.1, -0.05) is 54.6 Å². The van der Waals surface area contributed by atoms with Gasteiger partial charge in [0.2, 0.25) is 5.88 Å². The molecule has 116 valence electrons. The van der Waals surface area contributed by atoms with Crippen LogP contribution in [-0.2, 0) is 0 Å². The van der Waals surface area contributed by atoms with Crippen molar-refractivity contribution in [1.29, 1.82) is 5.26 Å². The number of nitriles is 1. The van der Waals surface area contributed by atoms with E-state index in [0.29, 0.717) is 11.4 Å². The highest BCUT2D eigenvalue weighted by Gasteiger charge is 2.08. The van der Waals surface area contributed by atoms with Crippen molar-refractivity contribution >= 4 is 12.2 Å². The molecule has 2 aromatic carbocycles. The lowest BCUT2D eigenvalue weighted by atomic mass is 9.99. The first-order chi connectivity index (χ1) is 11.8. The van der Waals surface area contributed by atoms with Gasteiger partial charge in [0.25, 0.3) is 0 Å². The third-order valence-electron chi connectivity index (χ3n) is 3.70. The Kier molecular flexibility index (Phi) is 4.69. The third-order valence-corrected chi connectivity index (χ3v) is 3.70. The van der Waals surface area contributed by atoms with Gasteiger partial charge in [0.15, 0.2) is 0 Å². The summed E-state index contributed by atoms with van der Waals surface area (Å²) in [6, 6.07) is 21.8. The van der Waals surface area contributed by atoms with E-state index >= 15 is 0 Å². The molecule has 3 aromatic rings. The van der Waals surface area contributed by atoms with Crippen LogP contribution in [0.1, 0.15) is 16.7 Å². The number of aromatic nitrogens is 1. The largest absolute Gasteiger partial charge is 0.481 e. The fraction of sp³-hybridized carbons (Fsp3) is 0.0476. The summed E-state index contributed by atoms with van der Waals surface area (Å²) in [6.07, 6.45) is 5.64. The lowest BCUT2D eigenvalue weighted by molar-refractivity contribution is 0.399. The Labute approximate surface area is 141 Å². The van der Waals surface area contributed by atoms with Crippen LogP contribution in [0.15, 0.2) is 66.9 Å². The molecule has 24 heavy (non-hydrogen) atoms. The quantitative estimate of drug-likeness (QED) is 0.650. The van der Waals surface area contributed by atoms with Gasteiger partial charge in [-0.05, 0) is 34.9 Å². The van der Waals surface area contributed by atoms with Crippen molar-refractivity contribution in [1.82, 2.24) is 4.98 Å². The van der Waals surface area contributed by atoms with Crippen LogP contribution in [0.5, 0.6) is 5.88 Å². The van der Waals surface area contributed by atoms with Crippen LogP contribution in [0, 0.1) is 11.3 Å². The van der Waals surface area contributed by atoms with E-state index in [1.54, 1.807) is 13.3 Å². The molecular weight excluding hydrogens is 296 g/mol. The number of benzene rings is 2. The molecule has 0 amide bonds. The lowest BCUT2D eigenvalue weighted by Crippen LogP contribution is -1.92. The smallest absolute Gasteiger partial charge is 0.221 e. The monoisotopic (exact) mass is 312 g/mol. The van der Waals surface area contributed by atoms with Crippen LogP contribution in [0.3, 0.4) is 0 Å². The SMILES string of the molecule is COc1ncccc1-c1ccc(/C=C/c2ccccc2)c(C#N)c1. The molecule has 1 aromatic heterocycles. The van der Waals surface area contributed by atoms with Gasteiger partial charge < -0.3 is 4.74 Å². The van der Waals surface area contributed by atoms with Gasteiger partial charge in [-0.3, -0.25) is 0 Å². The van der Waals surface area contributed by atoms with E-state index in [9.17, 15) is 5.26 Å². The Morgan fingerprint density at radius 1 is 1.00 bits per heavy atom. The molecule has 0 N–H and O–H groups in total. The van der Waals surface area contributed by atoms with E-state index in [4.69, 9.17) is 4.74 Å². The summed E-state index contributed by atoms with van der Waals surface area (Å²) in [4.78, 5) is 4.21. The van der Waals surface area contributed by atoms with Crippen LogP contribution < -0.4 is 4.74 Å². The van der Waals surface area contributed by atoms with Gasteiger partial charge in [-0.25, -0.2) is 4.98 Å². The molecule has 3 nitrogen and oxygen atoms in total. The third kappa shape index (κ3) is 3.34. The highest BCUT2D eigenvalue weighted by atomic mass is 16.5. The summed E-state index contributed by atoms with van der Waals surface area (Å²) in [7, 11) is 1.59. The summed E-state index contributed by atoms with van der Waals surface area (Å²) in [5.74, 6) is 0.550. The average Bonchev–Trinajstić information content (AvgIpc) is 2.67. The maximum absolute atomic E-state index is 9.48. The summed E-state index contributed by atoms with van der Waals surface area (Å²) in [6.45, 7) is 0. The summed E-state index contributed by atoms with van der Waals surface area (Å²) < 4.78 is 5.30. The van der Waals surface area contributed by atoms with Crippen LogP contribution in [0.25, 0.3) is 23.3 Å². The average molecular weight is 312 g/mol. The van der Waals surface area contributed by atoms with Gasteiger partial charge in [0.05, 0.1) is 18.7 Å². The summed E-state index contributed by atoms with van der Waals surface area (Å²) in [5, 5.41) is 9.48. The van der Waals surface area contributed by atoms with Crippen LogP contribution in [0.2, 0.25) is 0 Å². The van der Waals surface area contributed by atoms with Crippen molar-refractivity contribution in [2.45, 2.75) is 0 Å². The molecule has 0 radical (unpaired) electrons. The predicted molar refractivity (Wildman–Crippen MR) is 96.3 cm³/mol. The number of pyridine rings is 1. The molecule has 0 aliphatic heterocycles. The zero-order valence-corrected chi connectivity index (χ0v) is 13.3. The Hall–Kier alpha value is -3.38. The van der Waals surface area contributed by atoms with Crippen molar-refractivity contribution in [3.63, 3.8) is 0 Å². The molecular formula is C21H16N2O. The predicted octanol–water partition coefficient (Wildman–Crippen LogP) is 4.80. The van der Waals surface area contributed by atoms with E-state index in [2.05, 4.69) is 11.1 Å². The molecule has 3 rings (SSSR count). The minimum Gasteiger partial charge on any atom is -0.481 e. The zero-order chi connectivity index (χ0) is 16.8. The second-order valence-electron chi connectivity index (χ2n) is 5.22. The Morgan fingerprint density at radius 3 is 2.58 bits per heavy atom. The Morgan fingerprint density at radius 2 is 1.83 bits per heavy atom. The highest BCUT2D eigenvalue weighted by molar-refractivity contribution is 5.77. The van der Waals surface area contributed by atoms with E-state index in [1.165, 1.54) is 0 Å². The molecule has 0 bridgehead atoms. The Bertz CT molecular complexity index is 909. The molecule has 0 unspecified atom stereocenters. The molecule has 1 heterocycles. The first-order valence-corrected chi connectivity index (χ1v) is 7.58. The first kappa shape index (κ1) is 15.5. The first-order valence-electron chi connectivity index (χ1n) is 7.58.